The van der Waals surface area contributed by atoms with E-state index in [-0.39, 0.29) is 24.3 Å². The van der Waals surface area contributed by atoms with Crippen LogP contribution >= 0.6 is 27.5 Å². The van der Waals surface area contributed by atoms with Gasteiger partial charge in [0.2, 0.25) is 11.8 Å². The van der Waals surface area contributed by atoms with Crippen LogP contribution in [0, 0.1) is 0 Å². The number of rotatable bonds is 9. The molecule has 1 saturated carbocycles. The van der Waals surface area contributed by atoms with Crippen LogP contribution in [0.25, 0.3) is 0 Å². The zero-order valence-electron chi connectivity index (χ0n) is 19.6. The second kappa shape index (κ2) is 12.4. The Hall–Kier alpha value is -2.63. The minimum Gasteiger partial charge on any atom is -0.352 e. The molecule has 0 radical (unpaired) electrons. The van der Waals surface area contributed by atoms with Gasteiger partial charge in [-0.15, -0.1) is 0 Å². The summed E-state index contributed by atoms with van der Waals surface area (Å²) in [6.07, 6.45) is 4.92. The second-order valence-electron chi connectivity index (χ2n) is 9.15. The number of nitrogens with one attached hydrogen (secondary N) is 1. The van der Waals surface area contributed by atoms with Gasteiger partial charge in [0.15, 0.2) is 0 Å². The van der Waals surface area contributed by atoms with E-state index in [2.05, 4.69) is 21.2 Å². The molecule has 0 heterocycles. The quantitative estimate of drug-likeness (QED) is 0.336. The van der Waals surface area contributed by atoms with Gasteiger partial charge in [-0.1, -0.05) is 95.0 Å². The van der Waals surface area contributed by atoms with Crippen molar-refractivity contribution < 1.29 is 9.59 Å². The first-order chi connectivity index (χ1) is 17.0. The van der Waals surface area contributed by atoms with Crippen molar-refractivity contribution in [3.63, 3.8) is 0 Å². The molecule has 35 heavy (non-hydrogen) atoms. The van der Waals surface area contributed by atoms with Crippen LogP contribution in [0.5, 0.6) is 0 Å². The lowest BCUT2D eigenvalue weighted by molar-refractivity contribution is -0.141. The highest BCUT2D eigenvalue weighted by atomic mass is 79.9. The number of carbonyl (C=O) groups is 2. The minimum absolute atomic E-state index is 0.0812. The standard InChI is InChI=1S/C29H30BrClN2O2/c30-24-14-10-23(11-15-24)20-33(28(34)19-22-12-16-25(31)17-13-22)27(18-21-6-2-1-3-7-21)29(35)32-26-8-4-5-9-26/h1-3,6-7,10-17,26-27H,4-5,8-9,18-20H2,(H,32,35)/t27-/m0/s1. The maximum Gasteiger partial charge on any atom is 0.243 e. The molecule has 0 aromatic heterocycles. The molecule has 1 aliphatic rings. The summed E-state index contributed by atoms with van der Waals surface area (Å²) < 4.78 is 0.972. The SMILES string of the molecule is O=C(NC1CCCC1)[C@H](Cc1ccccc1)N(Cc1ccc(Br)cc1)C(=O)Cc1ccc(Cl)cc1. The Morgan fingerprint density at radius 3 is 2.17 bits per heavy atom. The fraction of sp³-hybridized carbons (Fsp3) is 0.310. The number of benzene rings is 3. The molecule has 182 valence electrons. The zero-order valence-corrected chi connectivity index (χ0v) is 22.0. The highest BCUT2D eigenvalue weighted by Gasteiger charge is 2.32. The van der Waals surface area contributed by atoms with Crippen LogP contribution in [-0.4, -0.2) is 28.8 Å². The molecule has 1 fully saturated rings. The minimum atomic E-state index is -0.610. The number of hydrogen-bond donors (Lipinski definition) is 1. The van der Waals surface area contributed by atoms with E-state index in [1.807, 2.05) is 66.7 Å². The third-order valence-electron chi connectivity index (χ3n) is 6.51. The molecule has 4 nitrogen and oxygen atoms in total. The van der Waals surface area contributed by atoms with Gasteiger partial charge in [-0.3, -0.25) is 9.59 Å². The molecular formula is C29H30BrClN2O2. The number of carbonyl (C=O) groups excluding carboxylic acids is 2. The summed E-state index contributed by atoms with van der Waals surface area (Å²) in [5.74, 6) is -0.167. The van der Waals surface area contributed by atoms with Crippen molar-refractivity contribution in [2.45, 2.75) is 57.2 Å². The van der Waals surface area contributed by atoms with Gasteiger partial charge in [-0.05, 0) is 53.8 Å². The molecule has 0 saturated heterocycles. The van der Waals surface area contributed by atoms with Gasteiger partial charge in [0, 0.05) is 28.5 Å². The summed E-state index contributed by atoms with van der Waals surface area (Å²) in [6.45, 7) is 0.356. The van der Waals surface area contributed by atoms with Crippen LogP contribution in [0.2, 0.25) is 5.02 Å². The fourth-order valence-electron chi connectivity index (χ4n) is 4.59. The van der Waals surface area contributed by atoms with Gasteiger partial charge in [-0.25, -0.2) is 0 Å². The molecule has 1 atom stereocenters. The summed E-state index contributed by atoms with van der Waals surface area (Å²) in [5.41, 5.74) is 2.87. The van der Waals surface area contributed by atoms with E-state index >= 15 is 0 Å². The Balaban J connectivity index is 1.64. The summed E-state index contributed by atoms with van der Waals surface area (Å²) in [7, 11) is 0. The van der Waals surface area contributed by atoms with E-state index < -0.39 is 6.04 Å². The predicted octanol–water partition coefficient (Wildman–Crippen LogP) is 6.34. The van der Waals surface area contributed by atoms with Gasteiger partial charge in [0.1, 0.15) is 6.04 Å². The van der Waals surface area contributed by atoms with Crippen LogP contribution in [0.15, 0.2) is 83.3 Å². The summed E-state index contributed by atoms with van der Waals surface area (Å²) in [4.78, 5) is 29.2. The number of hydrogen-bond acceptors (Lipinski definition) is 2. The Kier molecular flexibility index (Phi) is 9.00. The van der Waals surface area contributed by atoms with Gasteiger partial charge >= 0.3 is 0 Å². The first kappa shape index (κ1) is 25.5. The second-order valence-corrected chi connectivity index (χ2v) is 10.5. The van der Waals surface area contributed by atoms with Crippen molar-refractivity contribution in [1.29, 1.82) is 0 Å². The molecule has 0 unspecified atom stereocenters. The van der Waals surface area contributed by atoms with E-state index in [4.69, 9.17) is 11.6 Å². The zero-order chi connectivity index (χ0) is 24.6. The molecule has 0 aliphatic heterocycles. The Morgan fingerprint density at radius 1 is 0.886 bits per heavy atom. The highest BCUT2D eigenvalue weighted by molar-refractivity contribution is 9.10. The van der Waals surface area contributed by atoms with E-state index in [9.17, 15) is 9.59 Å². The van der Waals surface area contributed by atoms with E-state index in [0.29, 0.717) is 18.0 Å². The maximum absolute atomic E-state index is 13.7. The van der Waals surface area contributed by atoms with Crippen molar-refractivity contribution in [1.82, 2.24) is 10.2 Å². The van der Waals surface area contributed by atoms with E-state index in [1.165, 1.54) is 0 Å². The predicted molar refractivity (Wildman–Crippen MR) is 144 cm³/mol. The monoisotopic (exact) mass is 552 g/mol. The molecule has 2 amide bonds. The molecule has 6 heteroatoms. The van der Waals surface area contributed by atoms with Crippen LogP contribution in [0.4, 0.5) is 0 Å². The molecule has 0 spiro atoms. The van der Waals surface area contributed by atoms with Crippen LogP contribution in [0.1, 0.15) is 42.4 Å². The maximum atomic E-state index is 13.7. The number of halogens is 2. The van der Waals surface area contributed by atoms with E-state index in [1.54, 1.807) is 17.0 Å². The number of amides is 2. The van der Waals surface area contributed by atoms with Gasteiger partial charge in [0.05, 0.1) is 6.42 Å². The average Bonchev–Trinajstić information content (AvgIpc) is 3.37. The van der Waals surface area contributed by atoms with Crippen LogP contribution in [-0.2, 0) is 29.0 Å². The smallest absolute Gasteiger partial charge is 0.243 e. The fourth-order valence-corrected chi connectivity index (χ4v) is 4.98. The Labute approximate surface area is 220 Å². The lowest BCUT2D eigenvalue weighted by Gasteiger charge is -2.32. The van der Waals surface area contributed by atoms with Crippen molar-refractivity contribution in [2.24, 2.45) is 0 Å². The molecule has 4 rings (SSSR count). The third-order valence-corrected chi connectivity index (χ3v) is 7.29. The topological polar surface area (TPSA) is 49.4 Å². The van der Waals surface area contributed by atoms with Crippen molar-refractivity contribution in [3.05, 3.63) is 105 Å². The summed E-state index contributed by atoms with van der Waals surface area (Å²) in [6, 6.07) is 24.7. The van der Waals surface area contributed by atoms with E-state index in [0.717, 1.165) is 46.8 Å². The normalized spacial score (nSPS) is 14.5. The average molecular weight is 554 g/mol. The first-order valence-corrected chi connectivity index (χ1v) is 13.3. The molecule has 1 aliphatic carbocycles. The lowest BCUT2D eigenvalue weighted by Crippen LogP contribution is -2.52. The van der Waals surface area contributed by atoms with Gasteiger partial charge < -0.3 is 10.2 Å². The molecule has 3 aromatic carbocycles. The van der Waals surface area contributed by atoms with Crippen LogP contribution < -0.4 is 5.32 Å². The third kappa shape index (κ3) is 7.42. The largest absolute Gasteiger partial charge is 0.352 e. The lowest BCUT2D eigenvalue weighted by atomic mass is 10.0. The van der Waals surface area contributed by atoms with Gasteiger partial charge in [0.25, 0.3) is 0 Å². The van der Waals surface area contributed by atoms with Crippen LogP contribution in [0.3, 0.4) is 0 Å². The molecular weight excluding hydrogens is 524 g/mol. The molecule has 1 N–H and O–H groups in total. The summed E-state index contributed by atoms with van der Waals surface area (Å²) >= 11 is 9.52. The summed E-state index contributed by atoms with van der Waals surface area (Å²) in [5, 5.41) is 3.87. The van der Waals surface area contributed by atoms with Crippen molar-refractivity contribution >= 4 is 39.3 Å². The van der Waals surface area contributed by atoms with Crippen molar-refractivity contribution in [2.75, 3.05) is 0 Å². The Morgan fingerprint density at radius 2 is 1.51 bits per heavy atom. The first-order valence-electron chi connectivity index (χ1n) is 12.1. The Bertz CT molecular complexity index is 1110. The number of nitrogens with zero attached hydrogens (tertiary/aromatic N) is 1. The van der Waals surface area contributed by atoms with Crippen molar-refractivity contribution in [3.8, 4) is 0 Å². The molecule has 0 bridgehead atoms. The van der Waals surface area contributed by atoms with Gasteiger partial charge in [-0.2, -0.15) is 0 Å². The highest BCUT2D eigenvalue weighted by Crippen LogP contribution is 2.21. The molecule has 3 aromatic rings.